The molecule has 1 aliphatic rings. The van der Waals surface area contributed by atoms with Crippen molar-refractivity contribution in [1.29, 1.82) is 0 Å². The van der Waals surface area contributed by atoms with Gasteiger partial charge < -0.3 is 25.0 Å². The van der Waals surface area contributed by atoms with Crippen LogP contribution in [0, 0.1) is 5.92 Å². The zero-order valence-electron chi connectivity index (χ0n) is 16.1. The van der Waals surface area contributed by atoms with Crippen molar-refractivity contribution in [1.82, 2.24) is 10.6 Å². The molecule has 0 saturated carbocycles. The smallest absolute Gasteiger partial charge is 0.315 e. The van der Waals surface area contributed by atoms with Crippen LogP contribution in [0.25, 0.3) is 0 Å². The van der Waals surface area contributed by atoms with E-state index in [0.29, 0.717) is 26.1 Å². The van der Waals surface area contributed by atoms with Crippen LogP contribution in [0.1, 0.15) is 12.0 Å². The molecule has 2 N–H and O–H groups in total. The van der Waals surface area contributed by atoms with Crippen LogP contribution in [0.15, 0.2) is 48.5 Å². The van der Waals surface area contributed by atoms with E-state index >= 15 is 0 Å². The summed E-state index contributed by atoms with van der Waals surface area (Å²) >= 11 is 0. The number of nitrogens with zero attached hydrogens (tertiary/aromatic N) is 1. The van der Waals surface area contributed by atoms with Gasteiger partial charge in [-0.25, -0.2) is 4.79 Å². The summed E-state index contributed by atoms with van der Waals surface area (Å²) in [6.07, 6.45) is 0.421. The molecule has 1 saturated heterocycles. The largest absolute Gasteiger partial charge is 0.497 e. The number of ether oxygens (including phenoxy) is 2. The van der Waals surface area contributed by atoms with E-state index in [1.807, 2.05) is 48.5 Å². The van der Waals surface area contributed by atoms with Crippen molar-refractivity contribution in [2.45, 2.75) is 13.0 Å². The number of hydrogen-bond acceptors (Lipinski definition) is 4. The number of carbonyl (C=O) groups is 2. The fraction of sp³-hybridized carbons (Fsp3) is 0.333. The van der Waals surface area contributed by atoms with Crippen LogP contribution in [0.4, 0.5) is 10.5 Å². The molecule has 3 rings (SSSR count). The van der Waals surface area contributed by atoms with E-state index in [1.54, 1.807) is 19.1 Å². The Hall–Kier alpha value is -3.22. The molecule has 28 heavy (non-hydrogen) atoms. The van der Waals surface area contributed by atoms with Gasteiger partial charge in [-0.05, 0) is 42.0 Å². The van der Waals surface area contributed by atoms with Crippen molar-refractivity contribution >= 4 is 17.6 Å². The lowest BCUT2D eigenvalue weighted by atomic mass is 10.1. The lowest BCUT2D eigenvalue weighted by molar-refractivity contribution is -0.117. The number of rotatable bonds is 7. The number of amides is 3. The van der Waals surface area contributed by atoms with Crippen LogP contribution < -0.4 is 25.0 Å². The van der Waals surface area contributed by atoms with Gasteiger partial charge in [-0.3, -0.25) is 4.79 Å². The summed E-state index contributed by atoms with van der Waals surface area (Å²) in [6.45, 7) is 1.47. The highest BCUT2D eigenvalue weighted by Gasteiger charge is 2.30. The molecule has 148 valence electrons. The molecule has 0 spiro atoms. The highest BCUT2D eigenvalue weighted by Crippen LogP contribution is 2.26. The molecule has 0 unspecified atom stereocenters. The maximum absolute atomic E-state index is 12.3. The molecule has 1 heterocycles. The van der Waals surface area contributed by atoms with Crippen molar-refractivity contribution in [3.8, 4) is 11.5 Å². The van der Waals surface area contributed by atoms with Crippen molar-refractivity contribution < 1.29 is 19.1 Å². The van der Waals surface area contributed by atoms with Gasteiger partial charge in [0.05, 0.1) is 14.2 Å². The Bertz CT molecular complexity index is 805. The Kier molecular flexibility index (Phi) is 6.37. The molecule has 7 heteroatoms. The second-order valence-electron chi connectivity index (χ2n) is 6.68. The Labute approximate surface area is 164 Å². The standard InChI is InChI=1S/C21H25N3O4/c1-27-18-7-3-15(4-8-18)12-22-21(26)23-13-16-11-20(25)24(14-16)17-5-9-19(28-2)10-6-17/h3-10,16H,11-14H2,1-2H3,(H2,22,23,26)/t16-/m1/s1. The molecule has 0 radical (unpaired) electrons. The number of carbonyl (C=O) groups excluding carboxylic acids is 2. The lowest BCUT2D eigenvalue weighted by Crippen LogP contribution is -2.38. The fourth-order valence-electron chi connectivity index (χ4n) is 3.16. The van der Waals surface area contributed by atoms with Gasteiger partial charge in [-0.1, -0.05) is 12.1 Å². The quantitative estimate of drug-likeness (QED) is 0.770. The second-order valence-corrected chi connectivity index (χ2v) is 6.68. The van der Waals surface area contributed by atoms with E-state index in [1.165, 1.54) is 0 Å². The molecular weight excluding hydrogens is 358 g/mol. The number of nitrogens with one attached hydrogen (secondary N) is 2. The maximum atomic E-state index is 12.3. The summed E-state index contributed by atoms with van der Waals surface area (Å²) in [7, 11) is 3.22. The van der Waals surface area contributed by atoms with Crippen LogP contribution in [0.2, 0.25) is 0 Å². The molecule has 0 bridgehead atoms. The van der Waals surface area contributed by atoms with Crippen LogP contribution in [0.5, 0.6) is 11.5 Å². The monoisotopic (exact) mass is 383 g/mol. The molecule has 2 aromatic rings. The van der Waals surface area contributed by atoms with E-state index in [9.17, 15) is 9.59 Å². The molecule has 7 nitrogen and oxygen atoms in total. The maximum Gasteiger partial charge on any atom is 0.315 e. The third kappa shape index (κ3) is 4.94. The highest BCUT2D eigenvalue weighted by molar-refractivity contribution is 5.95. The number of benzene rings is 2. The number of methoxy groups -OCH3 is 2. The SMILES string of the molecule is COc1ccc(CNC(=O)NC[C@H]2CC(=O)N(c3ccc(OC)cc3)C2)cc1. The Morgan fingerprint density at radius 1 is 1.00 bits per heavy atom. The van der Waals surface area contributed by atoms with E-state index in [2.05, 4.69) is 10.6 Å². The second kappa shape index (κ2) is 9.12. The minimum absolute atomic E-state index is 0.0654. The van der Waals surface area contributed by atoms with Crippen molar-refractivity contribution in [3.63, 3.8) is 0 Å². The van der Waals surface area contributed by atoms with Crippen LogP contribution >= 0.6 is 0 Å². The predicted molar refractivity (Wildman–Crippen MR) is 107 cm³/mol. The third-order valence-corrected chi connectivity index (χ3v) is 4.75. The van der Waals surface area contributed by atoms with Gasteiger partial charge in [0.2, 0.25) is 5.91 Å². The van der Waals surface area contributed by atoms with Gasteiger partial charge in [0, 0.05) is 37.7 Å². The molecule has 1 atom stereocenters. The zero-order valence-corrected chi connectivity index (χ0v) is 16.1. The van der Waals surface area contributed by atoms with Gasteiger partial charge in [0.25, 0.3) is 0 Å². The summed E-state index contributed by atoms with van der Waals surface area (Å²) in [4.78, 5) is 26.1. The predicted octanol–water partition coefficient (Wildman–Crippen LogP) is 2.56. The zero-order chi connectivity index (χ0) is 19.9. The Morgan fingerprint density at radius 2 is 1.61 bits per heavy atom. The van der Waals surface area contributed by atoms with Crippen molar-refractivity contribution in [2.24, 2.45) is 5.92 Å². The first-order valence-corrected chi connectivity index (χ1v) is 9.18. The van der Waals surface area contributed by atoms with Gasteiger partial charge >= 0.3 is 6.03 Å². The minimum Gasteiger partial charge on any atom is -0.497 e. The van der Waals surface area contributed by atoms with Gasteiger partial charge in [-0.2, -0.15) is 0 Å². The van der Waals surface area contributed by atoms with Crippen molar-refractivity contribution in [3.05, 3.63) is 54.1 Å². The van der Waals surface area contributed by atoms with Gasteiger partial charge in [0.1, 0.15) is 11.5 Å². The van der Waals surface area contributed by atoms with Gasteiger partial charge in [-0.15, -0.1) is 0 Å². The Balaban J connectivity index is 1.44. The minimum atomic E-state index is -0.244. The van der Waals surface area contributed by atoms with Crippen LogP contribution in [-0.2, 0) is 11.3 Å². The fourth-order valence-corrected chi connectivity index (χ4v) is 3.16. The normalized spacial score (nSPS) is 16.0. The van der Waals surface area contributed by atoms with E-state index < -0.39 is 0 Å². The third-order valence-electron chi connectivity index (χ3n) is 4.75. The summed E-state index contributed by atoms with van der Waals surface area (Å²) in [5.74, 6) is 1.68. The average molecular weight is 383 g/mol. The van der Waals surface area contributed by atoms with Gasteiger partial charge in [0.15, 0.2) is 0 Å². The van der Waals surface area contributed by atoms with Crippen LogP contribution in [-0.4, -0.2) is 39.2 Å². The molecular formula is C21H25N3O4. The van der Waals surface area contributed by atoms with Crippen molar-refractivity contribution in [2.75, 3.05) is 32.2 Å². The first-order valence-electron chi connectivity index (χ1n) is 9.18. The average Bonchev–Trinajstić information content (AvgIpc) is 3.11. The molecule has 0 aliphatic carbocycles. The first-order chi connectivity index (χ1) is 13.6. The first kappa shape index (κ1) is 19.5. The summed E-state index contributed by atoms with van der Waals surface area (Å²) in [6, 6.07) is 14.7. The van der Waals surface area contributed by atoms with E-state index in [0.717, 1.165) is 22.7 Å². The molecule has 0 aromatic heterocycles. The molecule has 1 fully saturated rings. The summed E-state index contributed by atoms with van der Waals surface area (Å²) < 4.78 is 10.3. The van der Waals surface area contributed by atoms with Crippen LogP contribution in [0.3, 0.4) is 0 Å². The topological polar surface area (TPSA) is 79.9 Å². The number of hydrogen-bond donors (Lipinski definition) is 2. The highest BCUT2D eigenvalue weighted by atomic mass is 16.5. The van der Waals surface area contributed by atoms with E-state index in [4.69, 9.17) is 9.47 Å². The number of urea groups is 1. The molecule has 3 amide bonds. The molecule has 1 aliphatic heterocycles. The summed E-state index contributed by atoms with van der Waals surface area (Å²) in [5, 5.41) is 5.68. The van der Waals surface area contributed by atoms with E-state index in [-0.39, 0.29) is 17.9 Å². The summed E-state index contributed by atoms with van der Waals surface area (Å²) in [5.41, 5.74) is 1.83. The molecule has 2 aromatic carbocycles. The number of anilines is 1. The lowest BCUT2D eigenvalue weighted by Gasteiger charge is -2.17. The Morgan fingerprint density at radius 3 is 2.21 bits per heavy atom.